The van der Waals surface area contributed by atoms with E-state index < -0.39 is 19.9 Å². The molecule has 0 fully saturated rings. The summed E-state index contributed by atoms with van der Waals surface area (Å²) in [5.74, 6) is -0.710. The summed E-state index contributed by atoms with van der Waals surface area (Å²) in [7, 11) is -6.73. The van der Waals surface area contributed by atoms with Gasteiger partial charge in [0.2, 0.25) is 10.0 Å². The Bertz CT molecular complexity index is 390. The van der Waals surface area contributed by atoms with E-state index in [9.17, 15) is 16.8 Å². The molecule has 0 spiro atoms. The van der Waals surface area contributed by atoms with Gasteiger partial charge in [0.05, 0.1) is 11.5 Å². The number of sulfonamides is 1. The molecule has 5 nitrogen and oxygen atoms in total. The van der Waals surface area contributed by atoms with Gasteiger partial charge in [-0.05, 0) is 19.8 Å². The van der Waals surface area contributed by atoms with E-state index in [1.54, 1.807) is 6.92 Å². The van der Waals surface area contributed by atoms with E-state index in [-0.39, 0.29) is 17.5 Å². The maximum absolute atomic E-state index is 11.5. The number of hydrogen-bond donors (Lipinski definition) is 1. The van der Waals surface area contributed by atoms with Crippen LogP contribution in [0.15, 0.2) is 0 Å². The maximum Gasteiger partial charge on any atom is 0.212 e. The van der Waals surface area contributed by atoms with Crippen LogP contribution in [0.25, 0.3) is 0 Å². The molecule has 0 radical (unpaired) electrons. The van der Waals surface area contributed by atoms with Crippen molar-refractivity contribution >= 4 is 35.8 Å². The molecular formula is C8H18BrNO4S2. The number of rotatable bonds is 8. The van der Waals surface area contributed by atoms with E-state index in [4.69, 9.17) is 0 Å². The smallest absolute Gasteiger partial charge is 0.212 e. The molecule has 1 N–H and O–H groups in total. The SMILES string of the molecule is CC(CCCBr)NS(=O)(=O)CCS(C)(=O)=O. The summed E-state index contributed by atoms with van der Waals surface area (Å²) in [6.45, 7) is 1.76. The highest BCUT2D eigenvalue weighted by molar-refractivity contribution is 9.09. The molecule has 0 rings (SSSR count). The van der Waals surface area contributed by atoms with E-state index in [1.165, 1.54) is 0 Å². The number of nitrogens with one attached hydrogen (secondary N) is 1. The third-order valence-electron chi connectivity index (χ3n) is 1.87. The monoisotopic (exact) mass is 335 g/mol. The van der Waals surface area contributed by atoms with Crippen molar-refractivity contribution in [2.45, 2.75) is 25.8 Å². The Kier molecular flexibility index (Phi) is 7.07. The van der Waals surface area contributed by atoms with Crippen molar-refractivity contribution in [2.24, 2.45) is 0 Å². The van der Waals surface area contributed by atoms with Gasteiger partial charge in [0.25, 0.3) is 0 Å². The second kappa shape index (κ2) is 6.93. The van der Waals surface area contributed by atoms with Gasteiger partial charge in [0.1, 0.15) is 9.84 Å². The molecule has 0 aliphatic rings. The summed E-state index contributed by atoms with van der Waals surface area (Å²) in [5, 5.41) is 0.822. The zero-order valence-corrected chi connectivity index (χ0v) is 12.7. The van der Waals surface area contributed by atoms with Crippen molar-refractivity contribution in [2.75, 3.05) is 23.1 Å². The minimum absolute atomic E-state index is 0.165. The average molecular weight is 336 g/mol. The average Bonchev–Trinajstić information content (AvgIpc) is 2.10. The molecule has 0 saturated heterocycles. The topological polar surface area (TPSA) is 80.3 Å². The second-order valence-electron chi connectivity index (χ2n) is 3.80. The molecule has 0 aromatic heterocycles. The fourth-order valence-corrected chi connectivity index (χ4v) is 4.33. The van der Waals surface area contributed by atoms with Crippen LogP contribution in [0.1, 0.15) is 19.8 Å². The number of alkyl halides is 1. The van der Waals surface area contributed by atoms with Gasteiger partial charge in [-0.1, -0.05) is 15.9 Å². The first-order chi connectivity index (χ1) is 7.16. The van der Waals surface area contributed by atoms with Gasteiger partial charge in [-0.25, -0.2) is 21.6 Å². The van der Waals surface area contributed by atoms with Gasteiger partial charge < -0.3 is 0 Å². The fourth-order valence-electron chi connectivity index (χ4n) is 1.07. The lowest BCUT2D eigenvalue weighted by Gasteiger charge is -2.13. The van der Waals surface area contributed by atoms with Crippen LogP contribution in [0.3, 0.4) is 0 Å². The predicted octanol–water partition coefficient (Wildman–Crippen LogP) is 0.514. The lowest BCUT2D eigenvalue weighted by Crippen LogP contribution is -2.36. The van der Waals surface area contributed by atoms with Gasteiger partial charge in [0.15, 0.2) is 0 Å². The third kappa shape index (κ3) is 9.56. The molecule has 1 unspecified atom stereocenters. The molecule has 8 heteroatoms. The highest BCUT2D eigenvalue weighted by atomic mass is 79.9. The van der Waals surface area contributed by atoms with Gasteiger partial charge in [-0.2, -0.15) is 0 Å². The Morgan fingerprint density at radius 1 is 1.19 bits per heavy atom. The van der Waals surface area contributed by atoms with Crippen molar-refractivity contribution in [3.05, 3.63) is 0 Å². The first-order valence-electron chi connectivity index (χ1n) is 4.90. The molecule has 16 heavy (non-hydrogen) atoms. The Labute approximate surface area is 106 Å². The van der Waals surface area contributed by atoms with Crippen LogP contribution >= 0.6 is 15.9 Å². The van der Waals surface area contributed by atoms with Crippen molar-refractivity contribution in [1.82, 2.24) is 4.72 Å². The summed E-state index contributed by atoms with van der Waals surface area (Å²) in [6.07, 6.45) is 2.62. The minimum atomic E-state index is -3.49. The molecule has 0 aliphatic heterocycles. The Morgan fingerprint density at radius 2 is 1.75 bits per heavy atom. The van der Waals surface area contributed by atoms with Crippen LogP contribution in [0.4, 0.5) is 0 Å². The highest BCUT2D eigenvalue weighted by Gasteiger charge is 2.16. The van der Waals surface area contributed by atoms with E-state index in [2.05, 4.69) is 20.7 Å². The number of hydrogen-bond acceptors (Lipinski definition) is 4. The molecule has 98 valence electrons. The largest absolute Gasteiger partial charge is 0.229 e. The van der Waals surface area contributed by atoms with Crippen LogP contribution in [-0.4, -0.2) is 46.0 Å². The van der Waals surface area contributed by atoms with Gasteiger partial charge in [-0.3, -0.25) is 0 Å². The van der Waals surface area contributed by atoms with Crippen molar-refractivity contribution in [3.8, 4) is 0 Å². The first-order valence-corrected chi connectivity index (χ1v) is 9.73. The maximum atomic E-state index is 11.5. The summed E-state index contributed by atoms with van der Waals surface area (Å²) < 4.78 is 47.1. The molecule has 0 aromatic carbocycles. The molecular weight excluding hydrogens is 318 g/mol. The molecule has 0 bridgehead atoms. The molecule has 0 aliphatic carbocycles. The van der Waals surface area contributed by atoms with E-state index in [1.807, 2.05) is 0 Å². The first kappa shape index (κ1) is 16.3. The summed E-state index contributed by atoms with van der Waals surface area (Å²) in [5.41, 5.74) is 0. The molecule has 1 atom stereocenters. The van der Waals surface area contributed by atoms with E-state index >= 15 is 0 Å². The fraction of sp³-hybridized carbons (Fsp3) is 1.00. The van der Waals surface area contributed by atoms with Crippen LogP contribution < -0.4 is 4.72 Å². The predicted molar refractivity (Wildman–Crippen MR) is 69.1 cm³/mol. The quantitative estimate of drug-likeness (QED) is 0.655. The Hall–Kier alpha value is 0.340. The molecule has 0 amide bonds. The lowest BCUT2D eigenvalue weighted by molar-refractivity contribution is 0.545. The molecule has 0 aromatic rings. The standard InChI is InChI=1S/C8H18BrNO4S2/c1-8(4-3-5-9)10-16(13,14)7-6-15(2,11)12/h8,10H,3-7H2,1-2H3. The second-order valence-corrected chi connectivity index (χ2v) is 8.73. The van der Waals surface area contributed by atoms with Crippen LogP contribution in [0, 0.1) is 0 Å². The number of halogens is 1. The molecule has 0 heterocycles. The summed E-state index contributed by atoms with van der Waals surface area (Å²) in [4.78, 5) is 0. The third-order valence-corrected chi connectivity index (χ3v) is 5.14. The Balaban J connectivity index is 4.15. The summed E-state index contributed by atoms with van der Waals surface area (Å²) in [6, 6.07) is -0.165. The number of sulfone groups is 1. The highest BCUT2D eigenvalue weighted by Crippen LogP contribution is 2.01. The molecule has 0 saturated carbocycles. The zero-order valence-electron chi connectivity index (χ0n) is 9.44. The lowest BCUT2D eigenvalue weighted by atomic mass is 10.2. The summed E-state index contributed by atoms with van der Waals surface area (Å²) >= 11 is 3.26. The van der Waals surface area contributed by atoms with Crippen LogP contribution in [-0.2, 0) is 19.9 Å². The zero-order chi connectivity index (χ0) is 12.8. The van der Waals surface area contributed by atoms with Crippen molar-refractivity contribution in [3.63, 3.8) is 0 Å². The van der Waals surface area contributed by atoms with Crippen molar-refractivity contribution < 1.29 is 16.8 Å². The van der Waals surface area contributed by atoms with Gasteiger partial charge in [-0.15, -0.1) is 0 Å². The van der Waals surface area contributed by atoms with Gasteiger partial charge >= 0.3 is 0 Å². The van der Waals surface area contributed by atoms with Crippen LogP contribution in [0.5, 0.6) is 0 Å². The van der Waals surface area contributed by atoms with Crippen LogP contribution in [0.2, 0.25) is 0 Å². The normalized spacial score (nSPS) is 14.9. The van der Waals surface area contributed by atoms with Crippen molar-refractivity contribution in [1.29, 1.82) is 0 Å². The Morgan fingerprint density at radius 3 is 2.19 bits per heavy atom. The van der Waals surface area contributed by atoms with Gasteiger partial charge in [0, 0.05) is 17.6 Å². The minimum Gasteiger partial charge on any atom is -0.229 e. The van der Waals surface area contributed by atoms with E-state index in [0.29, 0.717) is 0 Å². The van der Waals surface area contributed by atoms with E-state index in [0.717, 1.165) is 24.4 Å².